The fraction of sp³-hybridized carbons (Fsp3) is 0.708. The molecule has 0 radical (unpaired) electrons. The number of carbonyl (C=O) groups is 3. The molecule has 7 nitrogen and oxygen atoms in total. The second-order valence-electron chi connectivity index (χ2n) is 9.00. The van der Waals surface area contributed by atoms with Crippen LogP contribution in [-0.4, -0.2) is 81.1 Å². The first-order valence-corrected chi connectivity index (χ1v) is 12.5. The van der Waals surface area contributed by atoms with Gasteiger partial charge in [0.2, 0.25) is 11.8 Å². The maximum absolute atomic E-state index is 14.0. The summed E-state index contributed by atoms with van der Waals surface area (Å²) in [5.41, 5.74) is 0. The zero-order chi connectivity index (χ0) is 23.5. The fourth-order valence-electron chi connectivity index (χ4n) is 5.78. The van der Waals surface area contributed by atoms with Gasteiger partial charge in [-0.1, -0.05) is 32.1 Å². The summed E-state index contributed by atoms with van der Waals surface area (Å²) in [5.74, 6) is -1.72. The summed E-state index contributed by atoms with van der Waals surface area (Å²) < 4.78 is 4.73. The van der Waals surface area contributed by atoms with Crippen LogP contribution >= 0.6 is 11.8 Å². The smallest absolute Gasteiger partial charge is 0.311 e. The van der Waals surface area contributed by atoms with Gasteiger partial charge in [-0.2, -0.15) is 0 Å². The Hall–Kier alpha value is -1.80. The van der Waals surface area contributed by atoms with E-state index >= 15 is 0 Å². The minimum absolute atomic E-state index is 0.0162. The van der Waals surface area contributed by atoms with E-state index < -0.39 is 22.6 Å². The lowest BCUT2D eigenvalue weighted by Gasteiger charge is -2.39. The predicted molar refractivity (Wildman–Crippen MR) is 125 cm³/mol. The van der Waals surface area contributed by atoms with Gasteiger partial charge < -0.3 is 19.6 Å². The van der Waals surface area contributed by atoms with E-state index in [1.54, 1.807) is 22.7 Å². The summed E-state index contributed by atoms with van der Waals surface area (Å²) in [6.07, 6.45) is 6.95. The summed E-state index contributed by atoms with van der Waals surface area (Å²) in [5, 5.41) is 9.41. The van der Waals surface area contributed by atoms with E-state index in [1.165, 1.54) is 6.08 Å². The molecular weight excluding hydrogens is 428 g/mol. The van der Waals surface area contributed by atoms with Crippen LogP contribution in [0.1, 0.15) is 46.0 Å². The van der Waals surface area contributed by atoms with Crippen molar-refractivity contribution in [1.29, 1.82) is 0 Å². The third-order valence-corrected chi connectivity index (χ3v) is 9.01. The van der Waals surface area contributed by atoms with E-state index in [9.17, 15) is 19.5 Å². The Morgan fingerprint density at radius 1 is 1.41 bits per heavy atom. The molecule has 0 aromatic heterocycles. The van der Waals surface area contributed by atoms with Crippen LogP contribution in [0.4, 0.5) is 0 Å². The molecule has 0 aromatic rings. The monoisotopic (exact) mass is 464 g/mol. The average molecular weight is 465 g/mol. The molecule has 1 spiro atoms. The highest BCUT2D eigenvalue weighted by Crippen LogP contribution is 2.66. The molecule has 3 unspecified atom stereocenters. The largest absolute Gasteiger partial charge is 0.461 e. The van der Waals surface area contributed by atoms with Gasteiger partial charge in [0.05, 0.1) is 16.6 Å². The lowest BCUT2D eigenvalue weighted by Crippen LogP contribution is -2.56. The Bertz CT molecular complexity index is 759. The number of carbonyl (C=O) groups excluding carboxylic acids is 3. The fourth-order valence-corrected chi connectivity index (χ4v) is 7.98. The molecule has 2 bridgehead atoms. The van der Waals surface area contributed by atoms with Crippen LogP contribution in [0.3, 0.4) is 0 Å². The summed E-state index contributed by atoms with van der Waals surface area (Å²) >= 11 is 1.63. The van der Waals surface area contributed by atoms with Crippen molar-refractivity contribution < 1.29 is 24.2 Å². The van der Waals surface area contributed by atoms with E-state index in [0.29, 0.717) is 19.5 Å². The number of aliphatic hydroxyl groups is 1. The number of ether oxygens (including phenoxy) is 1. The molecule has 0 saturated carbocycles. The molecule has 8 heteroatoms. The first-order valence-electron chi connectivity index (χ1n) is 11.7. The quantitative estimate of drug-likeness (QED) is 0.353. The highest BCUT2D eigenvalue weighted by Gasteiger charge is 2.74. The van der Waals surface area contributed by atoms with Gasteiger partial charge >= 0.3 is 5.97 Å². The van der Waals surface area contributed by atoms with Crippen molar-refractivity contribution in [3.63, 3.8) is 0 Å². The van der Waals surface area contributed by atoms with Crippen molar-refractivity contribution >= 4 is 29.5 Å². The van der Waals surface area contributed by atoms with Gasteiger partial charge in [-0.15, -0.1) is 18.3 Å². The normalized spacial score (nSPS) is 31.3. The number of hydrogen-bond donors (Lipinski definition) is 1. The van der Waals surface area contributed by atoms with Gasteiger partial charge in [0.25, 0.3) is 0 Å². The maximum Gasteiger partial charge on any atom is 0.311 e. The third-order valence-electron chi connectivity index (χ3n) is 7.05. The van der Waals surface area contributed by atoms with Crippen LogP contribution in [0.25, 0.3) is 0 Å². The van der Waals surface area contributed by atoms with E-state index in [0.717, 1.165) is 25.7 Å². The summed E-state index contributed by atoms with van der Waals surface area (Å²) in [4.78, 5) is 44.1. The lowest BCUT2D eigenvalue weighted by atomic mass is 9.71. The number of thioether (sulfide) groups is 1. The molecule has 3 heterocycles. The van der Waals surface area contributed by atoms with Crippen molar-refractivity contribution in [2.24, 2.45) is 11.8 Å². The number of rotatable bonds is 12. The summed E-state index contributed by atoms with van der Waals surface area (Å²) in [6.45, 7) is 12.3. The molecule has 0 aliphatic carbocycles. The first kappa shape index (κ1) is 24.8. The zero-order valence-electron chi connectivity index (χ0n) is 19.2. The lowest BCUT2D eigenvalue weighted by molar-refractivity contribution is -0.153. The Labute approximate surface area is 195 Å². The third kappa shape index (κ3) is 4.12. The van der Waals surface area contributed by atoms with Gasteiger partial charge in [0, 0.05) is 31.0 Å². The molecule has 3 aliphatic heterocycles. The van der Waals surface area contributed by atoms with Crippen molar-refractivity contribution in [2.75, 3.05) is 26.3 Å². The average Bonchev–Trinajstić information content (AvgIpc) is 3.41. The van der Waals surface area contributed by atoms with Crippen LogP contribution in [0, 0.1) is 11.8 Å². The maximum atomic E-state index is 14.0. The number of likely N-dealkylation sites (tertiary alicyclic amines) is 1. The van der Waals surface area contributed by atoms with Crippen LogP contribution in [-0.2, 0) is 19.1 Å². The Balaban J connectivity index is 1.99. The number of esters is 1. The second kappa shape index (κ2) is 10.4. The molecular formula is C24H36N2O5S. The van der Waals surface area contributed by atoms with Crippen molar-refractivity contribution in [2.45, 2.75) is 68.0 Å². The molecule has 3 fully saturated rings. The first-order chi connectivity index (χ1) is 15.4. The Kier molecular flexibility index (Phi) is 8.09. The van der Waals surface area contributed by atoms with Crippen LogP contribution in [0.15, 0.2) is 25.3 Å². The molecule has 6 atom stereocenters. The van der Waals surface area contributed by atoms with Crippen molar-refractivity contribution in [3.05, 3.63) is 25.3 Å². The number of hydrogen-bond acceptors (Lipinski definition) is 6. The SMILES string of the molecule is C=CCOC(=O)[C@@H]1[C@@H]2CCC3(S2)C(C(=O)N(CC=C)C(C)CCC)N(CCCO)C(=O)[C@H]13. The van der Waals surface area contributed by atoms with E-state index in [2.05, 4.69) is 20.1 Å². The van der Waals surface area contributed by atoms with Crippen molar-refractivity contribution in [1.82, 2.24) is 9.80 Å². The molecule has 178 valence electrons. The summed E-state index contributed by atoms with van der Waals surface area (Å²) in [6, 6.07) is -0.620. The van der Waals surface area contributed by atoms with Crippen LogP contribution < -0.4 is 0 Å². The minimum atomic E-state index is -0.641. The molecule has 0 aromatic carbocycles. The molecule has 1 N–H and O–H groups in total. The Morgan fingerprint density at radius 3 is 2.78 bits per heavy atom. The number of aliphatic hydroxyl groups excluding tert-OH is 1. The molecule has 2 amide bonds. The number of nitrogens with zero attached hydrogens (tertiary/aromatic N) is 2. The predicted octanol–water partition coefficient (Wildman–Crippen LogP) is 2.39. The van der Waals surface area contributed by atoms with Crippen molar-refractivity contribution in [3.8, 4) is 0 Å². The Morgan fingerprint density at radius 2 is 2.16 bits per heavy atom. The molecule has 3 aliphatic rings. The zero-order valence-corrected chi connectivity index (χ0v) is 20.0. The van der Waals surface area contributed by atoms with Gasteiger partial charge in [-0.05, 0) is 32.6 Å². The van der Waals surface area contributed by atoms with Crippen LogP contribution in [0.5, 0.6) is 0 Å². The highest BCUT2D eigenvalue weighted by atomic mass is 32.2. The molecule has 3 saturated heterocycles. The van der Waals surface area contributed by atoms with Crippen LogP contribution in [0.2, 0.25) is 0 Å². The standard InChI is InChI=1S/C24H36N2O5S/c1-5-9-16(4)25(12-6-2)22(29)20-24-11-10-17(32-24)18(23(30)31-15-7-3)19(24)21(28)26(20)13-8-14-27/h6-7,16-20,27H,2-3,5,8-15H2,1,4H3/t16?,17-,18+,19-,20?,24?/m0/s1. The van der Waals surface area contributed by atoms with E-state index in [4.69, 9.17) is 4.74 Å². The van der Waals surface area contributed by atoms with Gasteiger partial charge in [0.15, 0.2) is 0 Å². The minimum Gasteiger partial charge on any atom is -0.461 e. The van der Waals surface area contributed by atoms with Gasteiger partial charge in [-0.25, -0.2) is 0 Å². The highest BCUT2D eigenvalue weighted by molar-refractivity contribution is 8.02. The van der Waals surface area contributed by atoms with E-state index in [1.807, 2.05) is 11.8 Å². The molecule has 3 rings (SSSR count). The van der Waals surface area contributed by atoms with Gasteiger partial charge in [-0.3, -0.25) is 14.4 Å². The topological polar surface area (TPSA) is 87.2 Å². The number of amides is 2. The summed E-state index contributed by atoms with van der Waals surface area (Å²) in [7, 11) is 0. The van der Waals surface area contributed by atoms with E-state index in [-0.39, 0.29) is 42.3 Å². The molecule has 32 heavy (non-hydrogen) atoms. The second-order valence-corrected chi connectivity index (χ2v) is 10.6. The number of fused-ring (bicyclic) bond motifs is 1. The van der Waals surface area contributed by atoms with Gasteiger partial charge in [0.1, 0.15) is 12.6 Å².